The summed E-state index contributed by atoms with van der Waals surface area (Å²) in [4.78, 5) is 33.2. The van der Waals surface area contributed by atoms with Crippen LogP contribution in [-0.4, -0.2) is 28.9 Å². The number of hydrogen-bond acceptors (Lipinski definition) is 4. The Bertz CT molecular complexity index is 944. The molecule has 27 heavy (non-hydrogen) atoms. The highest BCUT2D eigenvalue weighted by Crippen LogP contribution is 2.36. The third kappa shape index (κ3) is 3.34. The lowest BCUT2D eigenvalue weighted by Gasteiger charge is -2.37. The van der Waals surface area contributed by atoms with Gasteiger partial charge in [-0.2, -0.15) is 0 Å². The van der Waals surface area contributed by atoms with Crippen molar-refractivity contribution in [3.05, 3.63) is 58.6 Å². The zero-order valence-electron chi connectivity index (χ0n) is 15.6. The number of carbonyl (C=O) groups excluding carboxylic acids is 2. The number of rotatable bonds is 3. The third-order valence-electron chi connectivity index (χ3n) is 4.83. The molecule has 7 heteroatoms. The molecule has 3 rings (SSSR count). The van der Waals surface area contributed by atoms with Crippen LogP contribution >= 0.6 is 0 Å². The van der Waals surface area contributed by atoms with E-state index in [2.05, 4.69) is 15.1 Å². The molecule has 1 N–H and O–H groups in total. The molecular formula is C20H20N4O3. The maximum absolute atomic E-state index is 12.0. The highest BCUT2D eigenvalue weighted by molar-refractivity contribution is 5.98. The number of imide groups is 1. The predicted octanol–water partition coefficient (Wildman–Crippen LogP) is 3.90. The van der Waals surface area contributed by atoms with E-state index in [0.29, 0.717) is 11.4 Å². The summed E-state index contributed by atoms with van der Waals surface area (Å²) in [6, 6.07) is 6.44. The molecule has 2 aromatic rings. The Morgan fingerprint density at radius 1 is 1.22 bits per heavy atom. The quantitative estimate of drug-likeness (QED) is 0.838. The Morgan fingerprint density at radius 3 is 2.63 bits per heavy atom. The van der Waals surface area contributed by atoms with Crippen LogP contribution in [0.2, 0.25) is 0 Å². The van der Waals surface area contributed by atoms with Crippen molar-refractivity contribution in [1.82, 2.24) is 15.2 Å². The predicted molar refractivity (Wildman–Crippen MR) is 99.7 cm³/mol. The molecule has 0 bridgehead atoms. The van der Waals surface area contributed by atoms with Crippen molar-refractivity contribution in [2.75, 3.05) is 7.05 Å². The maximum Gasteiger partial charge on any atom is 0.324 e. The van der Waals surface area contributed by atoms with Crippen molar-refractivity contribution < 1.29 is 14.3 Å². The lowest BCUT2D eigenvalue weighted by atomic mass is 9.88. The monoisotopic (exact) mass is 364 g/mol. The van der Waals surface area contributed by atoms with Crippen molar-refractivity contribution in [2.24, 2.45) is 5.92 Å². The van der Waals surface area contributed by atoms with E-state index >= 15 is 0 Å². The van der Waals surface area contributed by atoms with E-state index in [-0.39, 0.29) is 23.7 Å². The number of carbonyl (C=O) groups is 2. The number of amides is 3. The van der Waals surface area contributed by atoms with Gasteiger partial charge in [0.1, 0.15) is 5.75 Å². The second kappa shape index (κ2) is 7.08. The fourth-order valence-corrected chi connectivity index (χ4v) is 3.28. The van der Waals surface area contributed by atoms with Gasteiger partial charge in [-0.15, -0.1) is 0 Å². The zero-order chi connectivity index (χ0) is 19.7. The van der Waals surface area contributed by atoms with Gasteiger partial charge < -0.3 is 9.64 Å². The molecule has 3 amide bonds. The number of urea groups is 1. The van der Waals surface area contributed by atoms with Gasteiger partial charge in [0.05, 0.1) is 18.5 Å². The van der Waals surface area contributed by atoms with E-state index in [0.717, 1.165) is 16.7 Å². The zero-order valence-corrected chi connectivity index (χ0v) is 15.6. The minimum atomic E-state index is -0.409. The highest BCUT2D eigenvalue weighted by atomic mass is 16.5. The molecule has 2 unspecified atom stereocenters. The molecule has 1 aliphatic heterocycles. The van der Waals surface area contributed by atoms with E-state index in [1.807, 2.05) is 26.0 Å². The Kier molecular flexibility index (Phi) is 4.82. The smallest absolute Gasteiger partial charge is 0.324 e. The lowest BCUT2D eigenvalue weighted by molar-refractivity contribution is -0.127. The molecule has 1 aliphatic rings. The van der Waals surface area contributed by atoms with Crippen LogP contribution in [0.1, 0.15) is 29.7 Å². The van der Waals surface area contributed by atoms with Crippen LogP contribution in [0, 0.1) is 26.3 Å². The summed E-state index contributed by atoms with van der Waals surface area (Å²) < 4.78 is 5.82. The first-order valence-electron chi connectivity index (χ1n) is 8.52. The average Bonchev–Trinajstić information content (AvgIpc) is 2.62. The summed E-state index contributed by atoms with van der Waals surface area (Å²) in [6.45, 7) is 12.8. The van der Waals surface area contributed by atoms with Crippen molar-refractivity contribution >= 4 is 17.6 Å². The van der Waals surface area contributed by atoms with Crippen LogP contribution in [0.3, 0.4) is 0 Å². The Labute approximate surface area is 157 Å². The van der Waals surface area contributed by atoms with Crippen molar-refractivity contribution in [3.63, 3.8) is 0 Å². The summed E-state index contributed by atoms with van der Waals surface area (Å²) >= 11 is 0. The maximum atomic E-state index is 12.0. The van der Waals surface area contributed by atoms with Crippen LogP contribution in [0.25, 0.3) is 4.85 Å². The van der Waals surface area contributed by atoms with Gasteiger partial charge in [0.25, 0.3) is 5.69 Å². The normalized spacial score (nSPS) is 19.4. The molecule has 0 aliphatic carbocycles. The molecular weight excluding hydrogens is 344 g/mol. The van der Waals surface area contributed by atoms with E-state index in [1.54, 1.807) is 32.3 Å². The molecule has 0 radical (unpaired) electrons. The first kappa shape index (κ1) is 18.4. The summed E-state index contributed by atoms with van der Waals surface area (Å²) in [7, 11) is 1.67. The molecule has 0 spiro atoms. The second-order valence-corrected chi connectivity index (χ2v) is 6.65. The molecule has 138 valence electrons. The summed E-state index contributed by atoms with van der Waals surface area (Å²) in [5, 5.41) is 2.35. The van der Waals surface area contributed by atoms with Gasteiger partial charge in [0.15, 0.2) is 0 Å². The molecule has 0 saturated carbocycles. The number of ether oxygens (including phenoxy) is 1. The van der Waals surface area contributed by atoms with E-state index in [1.165, 1.54) is 4.90 Å². The fourth-order valence-electron chi connectivity index (χ4n) is 3.28. The first-order chi connectivity index (χ1) is 12.8. The van der Waals surface area contributed by atoms with E-state index in [4.69, 9.17) is 11.3 Å². The van der Waals surface area contributed by atoms with Gasteiger partial charge in [-0.3, -0.25) is 10.1 Å². The fraction of sp³-hybridized carbons (Fsp3) is 0.300. The number of aromatic nitrogens is 1. The second-order valence-electron chi connectivity index (χ2n) is 6.65. The van der Waals surface area contributed by atoms with Crippen molar-refractivity contribution in [1.29, 1.82) is 0 Å². The minimum absolute atomic E-state index is 0.259. The standard InChI is InChI=1S/C20H20N4O3/c1-11-8-9-22-19(16(11)21-4)27-14-6-7-15(12(2)10-14)17-13(3)18(25)23-20(26)24(17)5/h6-10,13,17H,1-3,5H3,(H,23,25,26). The van der Waals surface area contributed by atoms with Crippen LogP contribution in [-0.2, 0) is 4.79 Å². The Balaban J connectivity index is 1.93. The number of benzene rings is 1. The van der Waals surface area contributed by atoms with E-state index < -0.39 is 6.03 Å². The third-order valence-corrected chi connectivity index (χ3v) is 4.83. The average molecular weight is 364 g/mol. The molecule has 2 heterocycles. The van der Waals surface area contributed by atoms with Gasteiger partial charge in [0, 0.05) is 13.2 Å². The largest absolute Gasteiger partial charge is 0.449 e. The summed E-state index contributed by atoms with van der Waals surface area (Å²) in [5.41, 5.74) is 2.94. The molecule has 7 nitrogen and oxygen atoms in total. The van der Waals surface area contributed by atoms with E-state index in [9.17, 15) is 9.59 Å². The molecule has 1 fully saturated rings. The van der Waals surface area contributed by atoms with Crippen molar-refractivity contribution in [2.45, 2.75) is 26.8 Å². The number of pyridine rings is 1. The van der Waals surface area contributed by atoms with Crippen molar-refractivity contribution in [3.8, 4) is 11.6 Å². The molecule has 1 aromatic carbocycles. The molecule has 2 atom stereocenters. The highest BCUT2D eigenvalue weighted by Gasteiger charge is 2.38. The van der Waals surface area contributed by atoms with Gasteiger partial charge >= 0.3 is 6.03 Å². The summed E-state index contributed by atoms with van der Waals surface area (Å²) in [5.74, 6) is 0.148. The Morgan fingerprint density at radius 2 is 1.96 bits per heavy atom. The van der Waals surface area contributed by atoms with Gasteiger partial charge in [-0.1, -0.05) is 19.1 Å². The van der Waals surface area contributed by atoms with Crippen LogP contribution in [0.5, 0.6) is 11.6 Å². The van der Waals surface area contributed by atoms with Gasteiger partial charge in [0.2, 0.25) is 11.8 Å². The first-order valence-corrected chi connectivity index (χ1v) is 8.52. The van der Waals surface area contributed by atoms with Gasteiger partial charge in [-0.25, -0.2) is 14.6 Å². The molecule has 1 saturated heterocycles. The number of hydrogen-bond donors (Lipinski definition) is 1. The summed E-state index contributed by atoms with van der Waals surface area (Å²) in [6.07, 6.45) is 1.60. The minimum Gasteiger partial charge on any atom is -0.449 e. The number of nitrogens with one attached hydrogen (secondary N) is 1. The number of nitrogens with zero attached hydrogens (tertiary/aromatic N) is 3. The molecule has 1 aromatic heterocycles. The Hall–Kier alpha value is -3.40. The van der Waals surface area contributed by atoms with Crippen LogP contribution in [0.4, 0.5) is 10.5 Å². The van der Waals surface area contributed by atoms with Crippen LogP contribution in [0.15, 0.2) is 30.5 Å². The topological polar surface area (TPSA) is 75.9 Å². The SMILES string of the molecule is [C-]#[N+]c1c(C)ccnc1Oc1ccc(C2C(C)C(=O)NC(=O)N2C)c(C)c1. The van der Waals surface area contributed by atoms with Crippen LogP contribution < -0.4 is 10.1 Å². The number of aryl methyl sites for hydroxylation is 2. The lowest BCUT2D eigenvalue weighted by Crippen LogP contribution is -2.53. The van der Waals surface area contributed by atoms with Gasteiger partial charge in [-0.05, 0) is 42.7 Å².